The molecule has 1 aromatic rings. The zero-order valence-electron chi connectivity index (χ0n) is 10.2. The Kier molecular flexibility index (Phi) is 4.28. The minimum absolute atomic E-state index is 0.261. The average Bonchev–Trinajstić information content (AvgIpc) is 2.41. The fourth-order valence-electron chi connectivity index (χ4n) is 2.02. The van der Waals surface area contributed by atoms with E-state index in [1.807, 2.05) is 0 Å². The van der Waals surface area contributed by atoms with Crippen LogP contribution in [0.1, 0.15) is 0 Å². The van der Waals surface area contributed by atoms with Crippen molar-refractivity contribution >= 4 is 10.0 Å². The molecule has 0 amide bonds. The molecule has 0 bridgehead atoms. The van der Waals surface area contributed by atoms with Gasteiger partial charge in [-0.25, -0.2) is 8.42 Å². The van der Waals surface area contributed by atoms with Crippen molar-refractivity contribution in [3.8, 4) is 0 Å². The molecule has 0 aromatic carbocycles. The number of rotatable bonds is 4. The van der Waals surface area contributed by atoms with Gasteiger partial charge in [0.2, 0.25) is 10.0 Å². The standard InChI is InChI=1S/C11H18N4O2S/c12-3-5-14-6-8-15(9-7-14)18(16,17)11-2-1-4-13-10-11/h1-2,4,10H,3,5-9,12H2. The third-order valence-corrected chi connectivity index (χ3v) is 4.93. The highest BCUT2D eigenvalue weighted by molar-refractivity contribution is 7.89. The van der Waals surface area contributed by atoms with Crippen LogP contribution in [0, 0.1) is 0 Å². The smallest absolute Gasteiger partial charge is 0.244 e. The molecule has 0 aliphatic carbocycles. The van der Waals surface area contributed by atoms with E-state index in [-0.39, 0.29) is 4.90 Å². The lowest BCUT2D eigenvalue weighted by atomic mass is 10.3. The Morgan fingerprint density at radius 3 is 2.56 bits per heavy atom. The number of pyridine rings is 1. The first-order valence-corrected chi connectivity index (χ1v) is 7.41. The van der Waals surface area contributed by atoms with Crippen LogP contribution in [0.3, 0.4) is 0 Å². The number of nitrogens with two attached hydrogens (primary N) is 1. The van der Waals surface area contributed by atoms with E-state index in [9.17, 15) is 8.42 Å². The lowest BCUT2D eigenvalue weighted by molar-refractivity contribution is 0.192. The third kappa shape index (κ3) is 2.86. The lowest BCUT2D eigenvalue weighted by Gasteiger charge is -2.33. The van der Waals surface area contributed by atoms with Crippen molar-refractivity contribution in [3.63, 3.8) is 0 Å². The second-order valence-corrected chi connectivity index (χ2v) is 6.16. The molecule has 0 saturated carbocycles. The van der Waals surface area contributed by atoms with E-state index in [1.165, 1.54) is 10.5 Å². The Morgan fingerprint density at radius 2 is 2.00 bits per heavy atom. The first-order chi connectivity index (χ1) is 8.64. The first kappa shape index (κ1) is 13.4. The third-order valence-electron chi connectivity index (χ3n) is 3.05. The molecule has 1 saturated heterocycles. The average molecular weight is 270 g/mol. The molecule has 2 N–H and O–H groups in total. The molecule has 6 nitrogen and oxygen atoms in total. The van der Waals surface area contributed by atoms with Crippen LogP contribution in [0.2, 0.25) is 0 Å². The molecular weight excluding hydrogens is 252 g/mol. The Balaban J connectivity index is 2.05. The van der Waals surface area contributed by atoms with Gasteiger partial charge >= 0.3 is 0 Å². The van der Waals surface area contributed by atoms with Gasteiger partial charge in [0.05, 0.1) is 0 Å². The van der Waals surface area contributed by atoms with Crippen LogP contribution in [0.15, 0.2) is 29.4 Å². The van der Waals surface area contributed by atoms with Crippen LogP contribution in [0.25, 0.3) is 0 Å². The fraction of sp³-hybridized carbons (Fsp3) is 0.545. The number of nitrogens with zero attached hydrogens (tertiary/aromatic N) is 3. The number of aromatic nitrogens is 1. The van der Waals surface area contributed by atoms with E-state index in [1.54, 1.807) is 18.3 Å². The highest BCUT2D eigenvalue weighted by Gasteiger charge is 2.28. The van der Waals surface area contributed by atoms with Crippen LogP contribution in [-0.4, -0.2) is 61.9 Å². The molecule has 0 unspecified atom stereocenters. The lowest BCUT2D eigenvalue weighted by Crippen LogP contribution is -2.49. The van der Waals surface area contributed by atoms with Crippen molar-refractivity contribution in [3.05, 3.63) is 24.5 Å². The second kappa shape index (κ2) is 5.75. The summed E-state index contributed by atoms with van der Waals surface area (Å²) in [5, 5.41) is 0. The van der Waals surface area contributed by atoms with Crippen molar-refractivity contribution in [1.29, 1.82) is 0 Å². The molecule has 0 spiro atoms. The van der Waals surface area contributed by atoms with E-state index >= 15 is 0 Å². The number of sulfonamides is 1. The summed E-state index contributed by atoms with van der Waals surface area (Å²) < 4.78 is 26.1. The summed E-state index contributed by atoms with van der Waals surface area (Å²) in [5.41, 5.74) is 5.49. The van der Waals surface area contributed by atoms with E-state index in [0.717, 1.165) is 19.6 Å². The summed E-state index contributed by atoms with van der Waals surface area (Å²) in [5.74, 6) is 0. The van der Waals surface area contributed by atoms with E-state index in [2.05, 4.69) is 9.88 Å². The van der Waals surface area contributed by atoms with Crippen LogP contribution < -0.4 is 5.73 Å². The first-order valence-electron chi connectivity index (χ1n) is 5.97. The van der Waals surface area contributed by atoms with Crippen molar-refractivity contribution in [2.75, 3.05) is 39.3 Å². The Bertz CT molecular complexity index is 469. The highest BCUT2D eigenvalue weighted by Crippen LogP contribution is 2.16. The monoisotopic (exact) mass is 270 g/mol. The molecule has 0 atom stereocenters. The van der Waals surface area contributed by atoms with E-state index in [4.69, 9.17) is 5.73 Å². The van der Waals surface area contributed by atoms with Gasteiger partial charge < -0.3 is 5.73 Å². The van der Waals surface area contributed by atoms with Crippen LogP contribution >= 0.6 is 0 Å². The molecule has 2 rings (SSSR count). The van der Waals surface area contributed by atoms with E-state index in [0.29, 0.717) is 19.6 Å². The molecule has 1 aromatic heterocycles. The summed E-state index contributed by atoms with van der Waals surface area (Å²) in [7, 11) is -3.39. The molecular formula is C11H18N4O2S. The van der Waals surface area contributed by atoms with Crippen LogP contribution in [-0.2, 0) is 10.0 Å². The largest absolute Gasteiger partial charge is 0.329 e. The van der Waals surface area contributed by atoms with Gasteiger partial charge in [-0.1, -0.05) is 0 Å². The SMILES string of the molecule is NCCN1CCN(S(=O)(=O)c2cccnc2)CC1. The van der Waals surface area contributed by atoms with Crippen molar-refractivity contribution < 1.29 is 8.42 Å². The van der Waals surface area contributed by atoms with Gasteiger partial charge in [-0.2, -0.15) is 4.31 Å². The van der Waals surface area contributed by atoms with Crippen molar-refractivity contribution in [1.82, 2.24) is 14.2 Å². The zero-order chi connectivity index (χ0) is 13.0. The van der Waals surface area contributed by atoms with Crippen molar-refractivity contribution in [2.24, 2.45) is 5.73 Å². The van der Waals surface area contributed by atoms with Gasteiger partial charge in [0.25, 0.3) is 0 Å². The van der Waals surface area contributed by atoms with Crippen LogP contribution in [0.4, 0.5) is 0 Å². The summed E-state index contributed by atoms with van der Waals surface area (Å²) in [6.45, 7) is 3.91. The normalized spacial score (nSPS) is 18.9. The maximum atomic E-state index is 12.3. The maximum Gasteiger partial charge on any atom is 0.244 e. The molecule has 1 aliphatic heterocycles. The molecule has 18 heavy (non-hydrogen) atoms. The predicted molar refractivity (Wildman–Crippen MR) is 68.5 cm³/mol. The summed E-state index contributed by atoms with van der Waals surface area (Å²) in [6, 6.07) is 3.21. The Hall–Kier alpha value is -1.02. The maximum absolute atomic E-state index is 12.3. The van der Waals surface area contributed by atoms with Gasteiger partial charge in [-0.05, 0) is 12.1 Å². The van der Waals surface area contributed by atoms with Gasteiger partial charge in [-0.15, -0.1) is 0 Å². The Morgan fingerprint density at radius 1 is 1.28 bits per heavy atom. The molecule has 0 radical (unpaired) electrons. The predicted octanol–water partition coefficient (Wildman–Crippen LogP) is -0.653. The summed E-state index contributed by atoms with van der Waals surface area (Å²) >= 11 is 0. The molecule has 7 heteroatoms. The molecule has 2 heterocycles. The molecule has 1 fully saturated rings. The van der Waals surface area contributed by atoms with Gasteiger partial charge in [0.1, 0.15) is 4.90 Å². The minimum Gasteiger partial charge on any atom is -0.329 e. The fourth-order valence-corrected chi connectivity index (χ4v) is 3.41. The topological polar surface area (TPSA) is 79.5 Å². The molecule has 100 valence electrons. The Labute approximate surface area is 107 Å². The number of hydrogen-bond donors (Lipinski definition) is 1. The summed E-state index contributed by atoms with van der Waals surface area (Å²) in [4.78, 5) is 6.29. The van der Waals surface area contributed by atoms with Gasteiger partial charge in [0.15, 0.2) is 0 Å². The van der Waals surface area contributed by atoms with Crippen molar-refractivity contribution in [2.45, 2.75) is 4.90 Å². The summed E-state index contributed by atoms with van der Waals surface area (Å²) in [6.07, 6.45) is 2.96. The van der Waals surface area contributed by atoms with Gasteiger partial charge in [-0.3, -0.25) is 9.88 Å². The second-order valence-electron chi connectivity index (χ2n) is 4.22. The number of hydrogen-bond acceptors (Lipinski definition) is 5. The van der Waals surface area contributed by atoms with Crippen LogP contribution in [0.5, 0.6) is 0 Å². The minimum atomic E-state index is -3.39. The zero-order valence-corrected chi connectivity index (χ0v) is 11.0. The quantitative estimate of drug-likeness (QED) is 0.786. The number of piperazine rings is 1. The van der Waals surface area contributed by atoms with Gasteiger partial charge in [0, 0.05) is 51.7 Å². The van der Waals surface area contributed by atoms with E-state index < -0.39 is 10.0 Å². The highest BCUT2D eigenvalue weighted by atomic mass is 32.2. The molecule has 1 aliphatic rings.